The van der Waals surface area contributed by atoms with Crippen molar-refractivity contribution in [1.29, 1.82) is 0 Å². The number of hydrogen-bond acceptors (Lipinski definition) is 5. The SMILES string of the molecule is COc1ccc(NC(=O)c2sc(-n3nc(C)c(Cc4ccccc4)c3C)nc2C)cc1. The van der Waals surface area contributed by atoms with Gasteiger partial charge in [-0.25, -0.2) is 9.67 Å². The van der Waals surface area contributed by atoms with Crippen LogP contribution in [0.15, 0.2) is 54.6 Å². The zero-order chi connectivity index (χ0) is 22.0. The van der Waals surface area contributed by atoms with Crippen molar-refractivity contribution in [3.63, 3.8) is 0 Å². The van der Waals surface area contributed by atoms with Gasteiger partial charge in [-0.3, -0.25) is 4.79 Å². The van der Waals surface area contributed by atoms with E-state index in [1.165, 1.54) is 22.5 Å². The molecule has 0 aliphatic rings. The van der Waals surface area contributed by atoms with Gasteiger partial charge in [0.15, 0.2) is 0 Å². The minimum atomic E-state index is -0.183. The van der Waals surface area contributed by atoms with Crippen molar-refractivity contribution >= 4 is 22.9 Å². The summed E-state index contributed by atoms with van der Waals surface area (Å²) in [4.78, 5) is 18.0. The second-order valence-corrected chi connectivity index (χ2v) is 8.29. The number of carbonyl (C=O) groups excluding carboxylic acids is 1. The van der Waals surface area contributed by atoms with E-state index in [-0.39, 0.29) is 5.91 Å². The van der Waals surface area contributed by atoms with Crippen molar-refractivity contribution in [2.75, 3.05) is 12.4 Å². The van der Waals surface area contributed by atoms with Crippen LogP contribution in [0.25, 0.3) is 5.13 Å². The van der Waals surface area contributed by atoms with Crippen molar-refractivity contribution in [2.45, 2.75) is 27.2 Å². The van der Waals surface area contributed by atoms with Crippen molar-refractivity contribution in [2.24, 2.45) is 0 Å². The Morgan fingerprint density at radius 3 is 2.42 bits per heavy atom. The Morgan fingerprint density at radius 1 is 1.03 bits per heavy atom. The van der Waals surface area contributed by atoms with E-state index in [4.69, 9.17) is 9.84 Å². The van der Waals surface area contributed by atoms with E-state index in [2.05, 4.69) is 22.4 Å². The average Bonchev–Trinajstić information content (AvgIpc) is 3.29. The van der Waals surface area contributed by atoms with Crippen LogP contribution in [-0.4, -0.2) is 27.8 Å². The molecule has 0 spiro atoms. The van der Waals surface area contributed by atoms with Crippen molar-refractivity contribution < 1.29 is 9.53 Å². The second-order valence-electron chi connectivity index (χ2n) is 7.32. The number of benzene rings is 2. The van der Waals surface area contributed by atoms with Crippen LogP contribution in [0, 0.1) is 20.8 Å². The third-order valence-corrected chi connectivity index (χ3v) is 6.32. The van der Waals surface area contributed by atoms with Crippen LogP contribution in [0.1, 0.15) is 37.9 Å². The van der Waals surface area contributed by atoms with Crippen LogP contribution in [0.3, 0.4) is 0 Å². The fraction of sp³-hybridized carbons (Fsp3) is 0.208. The Bertz CT molecular complexity index is 1210. The summed E-state index contributed by atoms with van der Waals surface area (Å²) in [5, 5.41) is 8.33. The number of hydrogen-bond donors (Lipinski definition) is 1. The molecule has 2 aromatic carbocycles. The summed E-state index contributed by atoms with van der Waals surface area (Å²) in [5.41, 5.74) is 5.82. The van der Waals surface area contributed by atoms with Crippen LogP contribution in [0.5, 0.6) is 5.75 Å². The van der Waals surface area contributed by atoms with Gasteiger partial charge in [0.25, 0.3) is 5.91 Å². The molecule has 0 saturated carbocycles. The van der Waals surface area contributed by atoms with E-state index in [0.717, 1.165) is 23.6 Å². The third-order valence-electron chi connectivity index (χ3n) is 5.19. The zero-order valence-electron chi connectivity index (χ0n) is 18.0. The fourth-order valence-electron chi connectivity index (χ4n) is 3.46. The number of nitrogens with zero attached hydrogens (tertiary/aromatic N) is 3. The van der Waals surface area contributed by atoms with Gasteiger partial charge in [-0.2, -0.15) is 5.10 Å². The van der Waals surface area contributed by atoms with Gasteiger partial charge in [0.05, 0.1) is 18.5 Å². The lowest BCUT2D eigenvalue weighted by molar-refractivity contribution is 0.103. The van der Waals surface area contributed by atoms with Crippen LogP contribution in [0.4, 0.5) is 5.69 Å². The molecule has 7 heteroatoms. The number of amides is 1. The highest BCUT2D eigenvalue weighted by Gasteiger charge is 2.20. The first-order chi connectivity index (χ1) is 15.0. The Kier molecular flexibility index (Phi) is 5.86. The number of nitrogens with one attached hydrogen (secondary N) is 1. The number of aromatic nitrogens is 3. The highest BCUT2D eigenvalue weighted by Crippen LogP contribution is 2.27. The first-order valence-corrected chi connectivity index (χ1v) is 10.8. The lowest BCUT2D eigenvalue weighted by atomic mass is 10.0. The molecule has 0 bridgehead atoms. The largest absolute Gasteiger partial charge is 0.497 e. The standard InChI is InChI=1S/C24H24N4O2S/c1-15-21(14-18-8-6-5-7-9-18)17(3)28(27-15)24-25-16(2)22(31-24)23(29)26-19-10-12-20(30-4)13-11-19/h5-13H,14H2,1-4H3,(H,26,29). The molecule has 0 saturated heterocycles. The molecular formula is C24H24N4O2S. The first-order valence-electron chi connectivity index (χ1n) is 9.98. The Morgan fingerprint density at radius 2 is 1.74 bits per heavy atom. The van der Waals surface area contributed by atoms with Crippen LogP contribution < -0.4 is 10.1 Å². The quantitative estimate of drug-likeness (QED) is 0.460. The van der Waals surface area contributed by atoms with Gasteiger partial charge in [0.1, 0.15) is 10.6 Å². The van der Waals surface area contributed by atoms with Gasteiger partial charge in [0, 0.05) is 23.4 Å². The number of anilines is 1. The minimum Gasteiger partial charge on any atom is -0.497 e. The predicted octanol–water partition coefficient (Wildman–Crippen LogP) is 5.11. The molecular weight excluding hydrogens is 408 g/mol. The first kappa shape index (κ1) is 20.8. The molecule has 4 rings (SSSR count). The summed E-state index contributed by atoms with van der Waals surface area (Å²) >= 11 is 1.34. The van der Waals surface area contributed by atoms with Crippen molar-refractivity contribution in [3.05, 3.63) is 87.7 Å². The third kappa shape index (κ3) is 4.36. The molecule has 31 heavy (non-hydrogen) atoms. The van der Waals surface area contributed by atoms with Gasteiger partial charge < -0.3 is 10.1 Å². The highest BCUT2D eigenvalue weighted by atomic mass is 32.1. The maximum absolute atomic E-state index is 12.8. The molecule has 0 unspecified atom stereocenters. The summed E-state index contributed by atoms with van der Waals surface area (Å²) in [5.74, 6) is 0.558. The molecule has 1 amide bonds. The van der Waals surface area contributed by atoms with Gasteiger partial charge in [-0.1, -0.05) is 41.7 Å². The summed E-state index contributed by atoms with van der Waals surface area (Å²) in [6.45, 7) is 5.91. The van der Waals surface area contributed by atoms with Gasteiger partial charge in [-0.05, 0) is 50.6 Å². The van der Waals surface area contributed by atoms with E-state index in [9.17, 15) is 4.79 Å². The van der Waals surface area contributed by atoms with E-state index in [0.29, 0.717) is 21.4 Å². The maximum Gasteiger partial charge on any atom is 0.267 e. The molecule has 1 N–H and O–H groups in total. The number of thiazole rings is 1. The monoisotopic (exact) mass is 432 g/mol. The van der Waals surface area contributed by atoms with Gasteiger partial charge in [-0.15, -0.1) is 0 Å². The molecule has 0 atom stereocenters. The number of carbonyl (C=O) groups is 1. The Hall–Kier alpha value is -3.45. The Labute approximate surface area is 185 Å². The van der Waals surface area contributed by atoms with E-state index < -0.39 is 0 Å². The molecule has 2 heterocycles. The minimum absolute atomic E-state index is 0.183. The van der Waals surface area contributed by atoms with Gasteiger partial charge in [0.2, 0.25) is 5.13 Å². The van der Waals surface area contributed by atoms with E-state index >= 15 is 0 Å². The molecule has 2 aromatic heterocycles. The smallest absolute Gasteiger partial charge is 0.267 e. The van der Waals surface area contributed by atoms with E-state index in [1.54, 1.807) is 7.11 Å². The number of methoxy groups -OCH3 is 1. The summed E-state index contributed by atoms with van der Waals surface area (Å²) in [6.07, 6.45) is 0.813. The van der Waals surface area contributed by atoms with Crippen molar-refractivity contribution in [1.82, 2.24) is 14.8 Å². The van der Waals surface area contributed by atoms with E-state index in [1.807, 2.05) is 67.9 Å². The lowest BCUT2D eigenvalue weighted by Crippen LogP contribution is -2.11. The lowest BCUT2D eigenvalue weighted by Gasteiger charge is -2.05. The predicted molar refractivity (Wildman–Crippen MR) is 124 cm³/mol. The van der Waals surface area contributed by atoms with Crippen LogP contribution >= 0.6 is 11.3 Å². The van der Waals surface area contributed by atoms with Gasteiger partial charge >= 0.3 is 0 Å². The average molecular weight is 433 g/mol. The summed E-state index contributed by atoms with van der Waals surface area (Å²) < 4.78 is 7.00. The molecule has 4 aromatic rings. The molecule has 0 aliphatic carbocycles. The fourth-order valence-corrected chi connectivity index (χ4v) is 4.43. The normalized spacial score (nSPS) is 10.8. The summed E-state index contributed by atoms with van der Waals surface area (Å²) in [7, 11) is 1.61. The molecule has 158 valence electrons. The number of ether oxygens (including phenoxy) is 1. The summed E-state index contributed by atoms with van der Waals surface area (Å²) in [6, 6.07) is 17.6. The highest BCUT2D eigenvalue weighted by molar-refractivity contribution is 7.16. The second kappa shape index (κ2) is 8.73. The van der Waals surface area contributed by atoms with Crippen LogP contribution in [-0.2, 0) is 6.42 Å². The number of rotatable bonds is 6. The molecule has 0 aliphatic heterocycles. The maximum atomic E-state index is 12.8. The topological polar surface area (TPSA) is 69.0 Å². The van der Waals surface area contributed by atoms with Crippen LogP contribution in [0.2, 0.25) is 0 Å². The number of aryl methyl sites for hydroxylation is 2. The molecule has 0 radical (unpaired) electrons. The Balaban J connectivity index is 1.58. The zero-order valence-corrected chi connectivity index (χ0v) is 18.8. The molecule has 0 fully saturated rings. The van der Waals surface area contributed by atoms with Crippen molar-refractivity contribution in [3.8, 4) is 10.9 Å². The molecule has 6 nitrogen and oxygen atoms in total.